The first kappa shape index (κ1) is 18.1. The summed E-state index contributed by atoms with van der Waals surface area (Å²) >= 11 is 0. The minimum atomic E-state index is -1.01. The lowest BCUT2D eigenvalue weighted by molar-refractivity contribution is 0.0697. The van der Waals surface area contributed by atoms with Crippen molar-refractivity contribution >= 4 is 23.8 Å². The molecule has 6 nitrogen and oxygen atoms in total. The Labute approximate surface area is 145 Å². The molecule has 0 saturated heterocycles. The lowest BCUT2D eigenvalue weighted by atomic mass is 10.1. The van der Waals surface area contributed by atoms with E-state index in [4.69, 9.17) is 15.6 Å². The van der Waals surface area contributed by atoms with Gasteiger partial charge in [-0.15, -0.1) is 0 Å². The SMILES string of the molecule is Nc1cc(C(=O)O)ccc1C=CCCNC(=O)OCc1ccccc1. The van der Waals surface area contributed by atoms with Crippen LogP contribution in [0.3, 0.4) is 0 Å². The summed E-state index contributed by atoms with van der Waals surface area (Å²) in [6.45, 7) is 0.659. The minimum Gasteiger partial charge on any atom is -0.478 e. The molecule has 0 bridgehead atoms. The Balaban J connectivity index is 1.71. The third-order valence-electron chi connectivity index (χ3n) is 3.42. The maximum Gasteiger partial charge on any atom is 0.407 e. The Morgan fingerprint density at radius 3 is 2.60 bits per heavy atom. The third-order valence-corrected chi connectivity index (χ3v) is 3.42. The van der Waals surface area contributed by atoms with E-state index in [1.54, 1.807) is 12.1 Å². The highest BCUT2D eigenvalue weighted by Crippen LogP contribution is 2.16. The van der Waals surface area contributed by atoms with Gasteiger partial charge in [-0.1, -0.05) is 48.6 Å². The number of rotatable bonds is 7. The molecule has 0 spiro atoms. The standard InChI is InChI=1S/C19H20N2O4/c20-17-12-16(18(22)23)10-9-15(17)8-4-5-11-21-19(24)25-13-14-6-2-1-3-7-14/h1-4,6-10,12H,5,11,13,20H2,(H,21,24)(H,22,23). The van der Waals surface area contributed by atoms with Crippen molar-refractivity contribution in [2.75, 3.05) is 12.3 Å². The molecule has 2 aromatic carbocycles. The van der Waals surface area contributed by atoms with Crippen LogP contribution in [0.1, 0.15) is 27.9 Å². The lowest BCUT2D eigenvalue weighted by Gasteiger charge is -2.06. The summed E-state index contributed by atoms with van der Waals surface area (Å²) in [5, 5.41) is 11.5. The number of anilines is 1. The Kier molecular flexibility index (Phi) is 6.59. The number of ether oxygens (including phenoxy) is 1. The molecule has 0 aliphatic carbocycles. The number of benzene rings is 2. The van der Waals surface area contributed by atoms with Crippen molar-refractivity contribution in [2.24, 2.45) is 0 Å². The second kappa shape index (κ2) is 9.12. The Bertz CT molecular complexity index is 757. The van der Waals surface area contributed by atoms with Gasteiger partial charge in [0, 0.05) is 12.2 Å². The molecule has 0 aromatic heterocycles. The van der Waals surface area contributed by atoms with Crippen molar-refractivity contribution in [2.45, 2.75) is 13.0 Å². The van der Waals surface area contributed by atoms with Crippen molar-refractivity contribution in [1.82, 2.24) is 5.32 Å². The van der Waals surface area contributed by atoms with Gasteiger partial charge in [0.15, 0.2) is 0 Å². The Morgan fingerprint density at radius 2 is 1.92 bits per heavy atom. The van der Waals surface area contributed by atoms with E-state index in [9.17, 15) is 9.59 Å². The van der Waals surface area contributed by atoms with Gasteiger partial charge in [0.05, 0.1) is 5.56 Å². The normalized spacial score (nSPS) is 10.6. The van der Waals surface area contributed by atoms with Gasteiger partial charge in [-0.25, -0.2) is 9.59 Å². The highest BCUT2D eigenvalue weighted by Gasteiger charge is 2.04. The van der Waals surface area contributed by atoms with Crippen molar-refractivity contribution in [3.63, 3.8) is 0 Å². The molecular formula is C19H20N2O4. The fourth-order valence-electron chi connectivity index (χ4n) is 2.10. The fourth-order valence-corrected chi connectivity index (χ4v) is 2.10. The average molecular weight is 340 g/mol. The quantitative estimate of drug-likeness (QED) is 0.530. The van der Waals surface area contributed by atoms with Crippen molar-refractivity contribution in [1.29, 1.82) is 0 Å². The molecule has 2 rings (SSSR count). The van der Waals surface area contributed by atoms with E-state index in [2.05, 4.69) is 5.32 Å². The van der Waals surface area contributed by atoms with Crippen LogP contribution < -0.4 is 11.1 Å². The summed E-state index contributed by atoms with van der Waals surface area (Å²) in [4.78, 5) is 22.4. The first-order valence-corrected chi connectivity index (χ1v) is 7.80. The predicted molar refractivity (Wildman–Crippen MR) is 96.1 cm³/mol. The second-order valence-electron chi connectivity index (χ2n) is 5.33. The van der Waals surface area contributed by atoms with Crippen LogP contribution in [0, 0.1) is 0 Å². The topological polar surface area (TPSA) is 102 Å². The lowest BCUT2D eigenvalue weighted by Crippen LogP contribution is -2.24. The number of carbonyl (C=O) groups excluding carboxylic acids is 1. The van der Waals surface area contributed by atoms with Crippen LogP contribution in [0.25, 0.3) is 6.08 Å². The average Bonchev–Trinajstić information content (AvgIpc) is 2.61. The Hall–Kier alpha value is -3.28. The van der Waals surface area contributed by atoms with E-state index >= 15 is 0 Å². The molecule has 2 aromatic rings. The molecule has 0 saturated carbocycles. The largest absolute Gasteiger partial charge is 0.478 e. The summed E-state index contributed by atoms with van der Waals surface area (Å²) in [7, 11) is 0. The van der Waals surface area contributed by atoms with Crippen LogP contribution in [0.5, 0.6) is 0 Å². The van der Waals surface area contributed by atoms with E-state index in [0.29, 0.717) is 18.7 Å². The van der Waals surface area contributed by atoms with Crippen LogP contribution in [0.4, 0.5) is 10.5 Å². The number of amides is 1. The van der Waals surface area contributed by atoms with Gasteiger partial charge >= 0.3 is 12.1 Å². The van der Waals surface area contributed by atoms with E-state index in [1.807, 2.05) is 36.4 Å². The number of carboxylic acids is 1. The smallest absolute Gasteiger partial charge is 0.407 e. The predicted octanol–water partition coefficient (Wildman–Crippen LogP) is 3.30. The molecule has 0 fully saturated rings. The number of nitrogens with one attached hydrogen (secondary N) is 1. The van der Waals surface area contributed by atoms with Crippen molar-refractivity contribution in [3.05, 3.63) is 71.3 Å². The van der Waals surface area contributed by atoms with Crippen molar-refractivity contribution in [3.8, 4) is 0 Å². The van der Waals surface area contributed by atoms with Gasteiger partial charge in [0.25, 0.3) is 0 Å². The van der Waals surface area contributed by atoms with Crippen LogP contribution in [0.2, 0.25) is 0 Å². The van der Waals surface area contributed by atoms with Gasteiger partial charge in [0.1, 0.15) is 6.61 Å². The molecule has 0 unspecified atom stereocenters. The summed E-state index contributed by atoms with van der Waals surface area (Å²) in [6.07, 6.45) is 3.77. The molecule has 0 heterocycles. The number of nitrogen functional groups attached to an aromatic ring is 1. The number of hydrogen-bond donors (Lipinski definition) is 3. The highest BCUT2D eigenvalue weighted by molar-refractivity contribution is 5.89. The molecule has 1 amide bonds. The van der Waals surface area contributed by atoms with Gasteiger partial charge in [0.2, 0.25) is 0 Å². The molecule has 6 heteroatoms. The summed E-state index contributed by atoms with van der Waals surface area (Å²) in [5.74, 6) is -1.01. The first-order valence-electron chi connectivity index (χ1n) is 7.80. The van der Waals surface area contributed by atoms with E-state index < -0.39 is 12.1 Å². The fraction of sp³-hybridized carbons (Fsp3) is 0.158. The molecule has 25 heavy (non-hydrogen) atoms. The highest BCUT2D eigenvalue weighted by atomic mass is 16.5. The zero-order valence-corrected chi connectivity index (χ0v) is 13.6. The third kappa shape index (κ3) is 6.02. The maximum absolute atomic E-state index is 11.6. The zero-order valence-electron chi connectivity index (χ0n) is 13.6. The number of carboxylic acid groups (broad SMARTS) is 1. The van der Waals surface area contributed by atoms with E-state index in [0.717, 1.165) is 11.1 Å². The zero-order chi connectivity index (χ0) is 18.1. The minimum absolute atomic E-state index is 0.150. The number of hydrogen-bond acceptors (Lipinski definition) is 4. The van der Waals surface area contributed by atoms with Crippen LogP contribution in [0.15, 0.2) is 54.6 Å². The van der Waals surface area contributed by atoms with E-state index in [-0.39, 0.29) is 12.2 Å². The van der Waals surface area contributed by atoms with Gasteiger partial charge in [-0.3, -0.25) is 0 Å². The second-order valence-corrected chi connectivity index (χ2v) is 5.33. The maximum atomic E-state index is 11.6. The number of alkyl carbamates (subject to hydrolysis) is 1. The molecule has 0 aliphatic rings. The summed E-state index contributed by atoms with van der Waals surface area (Å²) < 4.78 is 5.10. The number of carbonyl (C=O) groups is 2. The molecule has 0 atom stereocenters. The molecule has 4 N–H and O–H groups in total. The van der Waals surface area contributed by atoms with Crippen LogP contribution in [-0.2, 0) is 11.3 Å². The van der Waals surface area contributed by atoms with Crippen molar-refractivity contribution < 1.29 is 19.4 Å². The molecule has 130 valence electrons. The summed E-state index contributed by atoms with van der Waals surface area (Å²) in [5.41, 5.74) is 8.02. The van der Waals surface area contributed by atoms with Crippen LogP contribution in [-0.4, -0.2) is 23.7 Å². The van der Waals surface area contributed by atoms with Gasteiger partial charge < -0.3 is 20.9 Å². The van der Waals surface area contributed by atoms with Gasteiger partial charge in [-0.05, 0) is 29.7 Å². The Morgan fingerprint density at radius 1 is 1.16 bits per heavy atom. The number of nitrogens with two attached hydrogens (primary N) is 1. The monoisotopic (exact) mass is 340 g/mol. The van der Waals surface area contributed by atoms with Gasteiger partial charge in [-0.2, -0.15) is 0 Å². The molecule has 0 aliphatic heterocycles. The summed E-state index contributed by atoms with van der Waals surface area (Å²) in [6, 6.07) is 14.0. The molecule has 0 radical (unpaired) electrons. The molecular weight excluding hydrogens is 320 g/mol. The van der Waals surface area contributed by atoms with E-state index in [1.165, 1.54) is 12.1 Å². The first-order chi connectivity index (χ1) is 12.1. The van der Waals surface area contributed by atoms with Crippen LogP contribution >= 0.6 is 0 Å². The number of aromatic carboxylic acids is 1.